The van der Waals surface area contributed by atoms with Crippen molar-refractivity contribution in [3.8, 4) is 5.75 Å². The molecular formula is C15H12N4O. The standard InChI is InChI=1S/C15H12N4O/c16-19-15(12-5-1-2-7-17-12)13-8-10-4-3-6-14(20)11(10)9-18-13/h1-9,20H,16H2/b19-15-. The summed E-state index contributed by atoms with van der Waals surface area (Å²) in [6.45, 7) is 0. The molecule has 3 aromatic rings. The molecule has 98 valence electrons. The fraction of sp³-hybridized carbons (Fsp3) is 0. The molecule has 0 saturated heterocycles. The number of fused-ring (bicyclic) bond motifs is 1. The normalized spacial score (nSPS) is 11.7. The van der Waals surface area contributed by atoms with Gasteiger partial charge in [0, 0.05) is 17.8 Å². The second-order valence-corrected chi connectivity index (χ2v) is 4.26. The average Bonchev–Trinajstić information content (AvgIpc) is 2.49. The molecular weight excluding hydrogens is 252 g/mol. The minimum absolute atomic E-state index is 0.200. The molecule has 2 heterocycles. The molecule has 0 bridgehead atoms. The van der Waals surface area contributed by atoms with E-state index in [1.807, 2.05) is 30.3 Å². The number of phenols is 1. The molecule has 5 heteroatoms. The van der Waals surface area contributed by atoms with Crippen molar-refractivity contribution < 1.29 is 5.11 Å². The fourth-order valence-electron chi connectivity index (χ4n) is 2.05. The molecule has 2 aromatic heterocycles. The Hall–Kier alpha value is -2.95. The molecule has 0 unspecified atom stereocenters. The zero-order valence-corrected chi connectivity index (χ0v) is 10.6. The Kier molecular flexibility index (Phi) is 3.01. The van der Waals surface area contributed by atoms with Gasteiger partial charge in [-0.05, 0) is 29.7 Å². The summed E-state index contributed by atoms with van der Waals surface area (Å²) >= 11 is 0. The summed E-state index contributed by atoms with van der Waals surface area (Å²) in [5.74, 6) is 5.67. The van der Waals surface area contributed by atoms with Gasteiger partial charge in [0.05, 0.1) is 11.4 Å². The van der Waals surface area contributed by atoms with Crippen LogP contribution in [0.2, 0.25) is 0 Å². The number of nitrogens with zero attached hydrogens (tertiary/aromatic N) is 3. The third-order valence-corrected chi connectivity index (χ3v) is 3.02. The van der Waals surface area contributed by atoms with E-state index in [1.54, 1.807) is 24.5 Å². The number of nitrogens with two attached hydrogens (primary N) is 1. The quantitative estimate of drug-likeness (QED) is 0.421. The Morgan fingerprint density at radius 3 is 2.70 bits per heavy atom. The maximum atomic E-state index is 9.77. The van der Waals surface area contributed by atoms with E-state index in [4.69, 9.17) is 5.84 Å². The van der Waals surface area contributed by atoms with Gasteiger partial charge in [-0.2, -0.15) is 5.10 Å². The van der Waals surface area contributed by atoms with Crippen LogP contribution in [-0.2, 0) is 0 Å². The molecule has 3 N–H and O–H groups in total. The zero-order chi connectivity index (χ0) is 13.9. The van der Waals surface area contributed by atoms with Gasteiger partial charge in [-0.25, -0.2) is 0 Å². The number of hydrogen-bond acceptors (Lipinski definition) is 5. The van der Waals surface area contributed by atoms with Crippen molar-refractivity contribution in [3.05, 3.63) is 66.2 Å². The van der Waals surface area contributed by atoms with Gasteiger partial charge in [0.2, 0.25) is 0 Å². The predicted octanol–water partition coefficient (Wildman–Crippen LogP) is 2.05. The smallest absolute Gasteiger partial charge is 0.134 e. The van der Waals surface area contributed by atoms with Crippen molar-refractivity contribution in [1.29, 1.82) is 0 Å². The topological polar surface area (TPSA) is 84.4 Å². The molecule has 0 amide bonds. The molecule has 0 fully saturated rings. The number of hydrogen-bond donors (Lipinski definition) is 2. The number of hydrazone groups is 1. The van der Waals surface area contributed by atoms with E-state index in [0.717, 1.165) is 5.39 Å². The van der Waals surface area contributed by atoms with Crippen LogP contribution in [0, 0.1) is 0 Å². The number of aromatic nitrogens is 2. The molecule has 0 spiro atoms. The number of aromatic hydroxyl groups is 1. The highest BCUT2D eigenvalue weighted by atomic mass is 16.3. The summed E-state index contributed by atoms with van der Waals surface area (Å²) in [5.41, 5.74) is 1.78. The summed E-state index contributed by atoms with van der Waals surface area (Å²) in [5, 5.41) is 15.1. The van der Waals surface area contributed by atoms with Crippen molar-refractivity contribution >= 4 is 16.5 Å². The Balaban J connectivity index is 2.14. The first kappa shape index (κ1) is 12.1. The van der Waals surface area contributed by atoms with Crippen LogP contribution in [0.3, 0.4) is 0 Å². The molecule has 0 aliphatic rings. The van der Waals surface area contributed by atoms with Crippen molar-refractivity contribution in [2.45, 2.75) is 0 Å². The minimum atomic E-state index is 0.200. The number of pyridine rings is 2. The first-order valence-corrected chi connectivity index (χ1v) is 6.07. The molecule has 0 aliphatic heterocycles. The SMILES string of the molecule is N/N=C(/c1ccccn1)c1cc2cccc(O)c2cn1. The molecule has 1 aromatic carbocycles. The summed E-state index contributed by atoms with van der Waals surface area (Å²) in [6.07, 6.45) is 3.28. The van der Waals surface area contributed by atoms with Gasteiger partial charge < -0.3 is 10.9 Å². The highest BCUT2D eigenvalue weighted by Crippen LogP contribution is 2.24. The number of rotatable bonds is 2. The lowest BCUT2D eigenvalue weighted by Crippen LogP contribution is -2.10. The highest BCUT2D eigenvalue weighted by molar-refractivity contribution is 6.11. The van der Waals surface area contributed by atoms with E-state index in [2.05, 4.69) is 15.1 Å². The highest BCUT2D eigenvalue weighted by Gasteiger charge is 2.11. The van der Waals surface area contributed by atoms with Crippen LogP contribution in [0.4, 0.5) is 0 Å². The number of benzene rings is 1. The molecule has 0 radical (unpaired) electrons. The van der Waals surface area contributed by atoms with Gasteiger partial charge in [0.1, 0.15) is 11.5 Å². The van der Waals surface area contributed by atoms with E-state index in [-0.39, 0.29) is 5.75 Å². The predicted molar refractivity (Wildman–Crippen MR) is 77.5 cm³/mol. The first-order chi connectivity index (χ1) is 9.79. The minimum Gasteiger partial charge on any atom is -0.507 e. The monoisotopic (exact) mass is 264 g/mol. The zero-order valence-electron chi connectivity index (χ0n) is 10.6. The lowest BCUT2D eigenvalue weighted by atomic mass is 10.1. The molecule has 5 nitrogen and oxygen atoms in total. The van der Waals surface area contributed by atoms with Gasteiger partial charge >= 0.3 is 0 Å². The lowest BCUT2D eigenvalue weighted by molar-refractivity contribution is 0.481. The average molecular weight is 264 g/mol. The molecule has 0 saturated carbocycles. The van der Waals surface area contributed by atoms with E-state index < -0.39 is 0 Å². The summed E-state index contributed by atoms with van der Waals surface area (Å²) < 4.78 is 0. The van der Waals surface area contributed by atoms with Gasteiger partial charge in [0.25, 0.3) is 0 Å². The van der Waals surface area contributed by atoms with Crippen LogP contribution in [0.5, 0.6) is 5.75 Å². The van der Waals surface area contributed by atoms with Crippen LogP contribution in [0.1, 0.15) is 11.4 Å². The Labute approximate surface area is 115 Å². The van der Waals surface area contributed by atoms with Gasteiger partial charge in [-0.3, -0.25) is 9.97 Å². The van der Waals surface area contributed by atoms with E-state index in [0.29, 0.717) is 22.5 Å². The van der Waals surface area contributed by atoms with Gasteiger partial charge in [0.15, 0.2) is 0 Å². The van der Waals surface area contributed by atoms with Gasteiger partial charge in [-0.15, -0.1) is 0 Å². The largest absolute Gasteiger partial charge is 0.507 e. The lowest BCUT2D eigenvalue weighted by Gasteiger charge is -2.06. The van der Waals surface area contributed by atoms with Crippen molar-refractivity contribution in [2.75, 3.05) is 0 Å². The van der Waals surface area contributed by atoms with Gasteiger partial charge in [-0.1, -0.05) is 18.2 Å². The Bertz CT molecular complexity index is 784. The Morgan fingerprint density at radius 1 is 1.05 bits per heavy atom. The fourth-order valence-corrected chi connectivity index (χ4v) is 2.05. The maximum absolute atomic E-state index is 9.77. The van der Waals surface area contributed by atoms with Crippen LogP contribution >= 0.6 is 0 Å². The second-order valence-electron chi connectivity index (χ2n) is 4.26. The molecule has 0 atom stereocenters. The Morgan fingerprint density at radius 2 is 1.95 bits per heavy atom. The molecule has 20 heavy (non-hydrogen) atoms. The maximum Gasteiger partial charge on any atom is 0.134 e. The summed E-state index contributed by atoms with van der Waals surface area (Å²) in [4.78, 5) is 8.53. The van der Waals surface area contributed by atoms with Crippen molar-refractivity contribution in [1.82, 2.24) is 9.97 Å². The third kappa shape index (κ3) is 2.05. The van der Waals surface area contributed by atoms with E-state index in [9.17, 15) is 5.11 Å². The summed E-state index contributed by atoms with van der Waals surface area (Å²) in [6, 6.07) is 12.6. The first-order valence-electron chi connectivity index (χ1n) is 6.07. The van der Waals surface area contributed by atoms with Crippen LogP contribution in [0.25, 0.3) is 10.8 Å². The second kappa shape index (κ2) is 4.97. The van der Waals surface area contributed by atoms with Crippen molar-refractivity contribution in [3.63, 3.8) is 0 Å². The van der Waals surface area contributed by atoms with Crippen molar-refractivity contribution in [2.24, 2.45) is 10.9 Å². The number of phenolic OH excluding ortho intramolecular Hbond substituents is 1. The van der Waals surface area contributed by atoms with E-state index in [1.165, 1.54) is 0 Å². The van der Waals surface area contributed by atoms with Crippen LogP contribution < -0.4 is 5.84 Å². The molecule has 3 rings (SSSR count). The molecule has 0 aliphatic carbocycles. The van der Waals surface area contributed by atoms with Crippen LogP contribution in [0.15, 0.2) is 60.0 Å². The van der Waals surface area contributed by atoms with Crippen LogP contribution in [-0.4, -0.2) is 20.8 Å². The summed E-state index contributed by atoms with van der Waals surface area (Å²) in [7, 11) is 0. The third-order valence-electron chi connectivity index (χ3n) is 3.02. The van der Waals surface area contributed by atoms with E-state index >= 15 is 0 Å².